The second-order valence-corrected chi connectivity index (χ2v) is 6.80. The molecule has 4 atom stereocenters. The van der Waals surface area contributed by atoms with E-state index in [4.69, 9.17) is 21.7 Å². The van der Waals surface area contributed by atoms with Crippen LogP contribution in [0.1, 0.15) is 25.7 Å². The van der Waals surface area contributed by atoms with Gasteiger partial charge in [-0.05, 0) is 12.8 Å². The van der Waals surface area contributed by atoms with E-state index in [9.17, 15) is 33.9 Å². The molecular formula is C16H27N5O9S. The van der Waals surface area contributed by atoms with Crippen LogP contribution in [0.2, 0.25) is 0 Å². The van der Waals surface area contributed by atoms with Gasteiger partial charge in [-0.1, -0.05) is 0 Å². The van der Waals surface area contributed by atoms with Crippen molar-refractivity contribution in [3.8, 4) is 0 Å². The number of amides is 4. The van der Waals surface area contributed by atoms with Gasteiger partial charge in [-0.15, -0.1) is 0 Å². The lowest BCUT2D eigenvalue weighted by Gasteiger charge is -2.23. The average Bonchev–Trinajstić information content (AvgIpc) is 2.70. The summed E-state index contributed by atoms with van der Waals surface area (Å²) in [5.41, 5.74) is 10.5. The molecule has 0 aromatic carbocycles. The van der Waals surface area contributed by atoms with Crippen LogP contribution in [0, 0.1) is 0 Å². The zero-order valence-electron chi connectivity index (χ0n) is 16.4. The maximum atomic E-state index is 12.4. The monoisotopic (exact) mass is 465 g/mol. The van der Waals surface area contributed by atoms with Gasteiger partial charge < -0.3 is 42.7 Å². The number of nitrogens with two attached hydrogens (primary N) is 2. The molecule has 0 spiro atoms. The first-order chi connectivity index (χ1) is 14.4. The Morgan fingerprint density at radius 1 is 0.806 bits per heavy atom. The van der Waals surface area contributed by atoms with Crippen molar-refractivity contribution < 1.29 is 44.1 Å². The SMILES string of the molecule is NC(=O)CCC(N)C(=O)NC(CO)C(=O)NC(CCC(=O)O)C(=O)NC(CS)C(=O)O. The highest BCUT2D eigenvalue weighted by Gasteiger charge is 2.30. The fourth-order valence-corrected chi connectivity index (χ4v) is 2.42. The predicted octanol–water partition coefficient (Wildman–Crippen LogP) is -4.09. The van der Waals surface area contributed by atoms with E-state index in [2.05, 4.69) is 28.6 Å². The average molecular weight is 465 g/mol. The minimum Gasteiger partial charge on any atom is -0.481 e. The van der Waals surface area contributed by atoms with Crippen molar-refractivity contribution in [2.45, 2.75) is 49.9 Å². The van der Waals surface area contributed by atoms with Gasteiger partial charge in [-0.25, -0.2) is 4.79 Å². The number of nitrogens with one attached hydrogen (secondary N) is 3. The molecule has 176 valence electrons. The number of carbonyl (C=O) groups is 6. The number of aliphatic hydroxyl groups excluding tert-OH is 1. The van der Waals surface area contributed by atoms with Crippen molar-refractivity contribution in [1.82, 2.24) is 16.0 Å². The number of aliphatic carboxylic acids is 2. The molecule has 0 fully saturated rings. The van der Waals surface area contributed by atoms with E-state index in [-0.39, 0.29) is 18.6 Å². The highest BCUT2D eigenvalue weighted by Crippen LogP contribution is 2.02. The standard InChI is InChI=1S/C16H27N5O9S/c17-7(1-3-11(18)23)13(26)20-9(5-22)15(28)19-8(2-4-12(24)25)14(27)21-10(6-31)16(29)30/h7-10,22,31H,1-6,17H2,(H2,18,23)(H,19,28)(H,20,26)(H,21,27)(H,24,25)(H,29,30). The van der Waals surface area contributed by atoms with Crippen molar-refractivity contribution in [1.29, 1.82) is 0 Å². The van der Waals surface area contributed by atoms with Gasteiger partial charge in [0.25, 0.3) is 0 Å². The normalized spacial score (nSPS) is 14.4. The van der Waals surface area contributed by atoms with E-state index in [1.54, 1.807) is 0 Å². The number of primary amides is 1. The Morgan fingerprint density at radius 3 is 1.77 bits per heavy atom. The molecule has 0 radical (unpaired) electrons. The summed E-state index contributed by atoms with van der Waals surface area (Å²) < 4.78 is 0. The van der Waals surface area contributed by atoms with Gasteiger partial charge in [-0.2, -0.15) is 12.6 Å². The van der Waals surface area contributed by atoms with Crippen LogP contribution in [0.15, 0.2) is 0 Å². The third-order valence-corrected chi connectivity index (χ3v) is 4.30. The number of rotatable bonds is 15. The molecule has 0 aromatic heterocycles. The fourth-order valence-electron chi connectivity index (χ4n) is 2.17. The maximum absolute atomic E-state index is 12.4. The summed E-state index contributed by atoms with van der Waals surface area (Å²) in [4.78, 5) is 69.4. The van der Waals surface area contributed by atoms with Crippen LogP contribution in [0.25, 0.3) is 0 Å². The van der Waals surface area contributed by atoms with Crippen LogP contribution in [-0.4, -0.2) is 87.4 Å². The number of carbonyl (C=O) groups excluding carboxylic acids is 4. The molecule has 0 rings (SSSR count). The quantitative estimate of drug-likeness (QED) is 0.106. The van der Waals surface area contributed by atoms with Gasteiger partial charge in [0, 0.05) is 18.6 Å². The van der Waals surface area contributed by atoms with Crippen LogP contribution in [-0.2, 0) is 28.8 Å². The Labute approximate surface area is 182 Å². The third-order valence-electron chi connectivity index (χ3n) is 3.93. The van der Waals surface area contributed by atoms with Gasteiger partial charge in [0.2, 0.25) is 23.6 Å². The molecule has 0 aliphatic heterocycles. The van der Waals surface area contributed by atoms with Crippen molar-refractivity contribution in [3.05, 3.63) is 0 Å². The molecule has 0 bridgehead atoms. The molecule has 0 aliphatic carbocycles. The van der Waals surface area contributed by atoms with Gasteiger partial charge in [0.1, 0.15) is 18.1 Å². The molecule has 31 heavy (non-hydrogen) atoms. The number of carboxylic acid groups (broad SMARTS) is 2. The first-order valence-electron chi connectivity index (χ1n) is 9.04. The first kappa shape index (κ1) is 28.1. The summed E-state index contributed by atoms with van der Waals surface area (Å²) in [5.74, 6) is -6.52. The number of carboxylic acids is 2. The summed E-state index contributed by atoms with van der Waals surface area (Å²) in [5, 5.41) is 33.6. The third kappa shape index (κ3) is 11.2. The lowest BCUT2D eigenvalue weighted by Crippen LogP contribution is -2.58. The number of aliphatic hydroxyl groups is 1. The zero-order chi connectivity index (χ0) is 24.1. The molecule has 15 heteroatoms. The van der Waals surface area contributed by atoms with Crippen LogP contribution in [0.5, 0.6) is 0 Å². The van der Waals surface area contributed by atoms with Crippen LogP contribution >= 0.6 is 12.6 Å². The Kier molecular flexibility index (Phi) is 12.8. The summed E-state index contributed by atoms with van der Waals surface area (Å²) >= 11 is 3.79. The highest BCUT2D eigenvalue weighted by atomic mass is 32.1. The van der Waals surface area contributed by atoms with E-state index < -0.39 is 79.2 Å². The molecule has 0 aromatic rings. The summed E-state index contributed by atoms with van der Waals surface area (Å²) in [6.07, 6.45) is -1.22. The van der Waals surface area contributed by atoms with Gasteiger partial charge in [0.05, 0.1) is 12.6 Å². The van der Waals surface area contributed by atoms with Crippen LogP contribution < -0.4 is 27.4 Å². The molecule has 0 saturated heterocycles. The van der Waals surface area contributed by atoms with Crippen molar-refractivity contribution in [2.24, 2.45) is 11.5 Å². The molecule has 4 unspecified atom stereocenters. The molecule has 0 heterocycles. The summed E-state index contributed by atoms with van der Waals surface area (Å²) in [6.45, 7) is -0.887. The van der Waals surface area contributed by atoms with Crippen LogP contribution in [0.3, 0.4) is 0 Å². The second kappa shape index (κ2) is 14.2. The first-order valence-corrected chi connectivity index (χ1v) is 9.67. The van der Waals surface area contributed by atoms with Crippen LogP contribution in [0.4, 0.5) is 0 Å². The van der Waals surface area contributed by atoms with Crippen molar-refractivity contribution >= 4 is 48.2 Å². The fraction of sp³-hybridized carbons (Fsp3) is 0.625. The Hall–Kier alpha value is -2.91. The minimum absolute atomic E-state index is 0.106. The number of thiol groups is 1. The lowest BCUT2D eigenvalue weighted by molar-refractivity contribution is -0.142. The zero-order valence-corrected chi connectivity index (χ0v) is 17.3. The Bertz CT molecular complexity index is 690. The largest absolute Gasteiger partial charge is 0.481 e. The number of hydrogen-bond donors (Lipinski definition) is 9. The molecular weight excluding hydrogens is 438 g/mol. The van der Waals surface area contributed by atoms with E-state index >= 15 is 0 Å². The van der Waals surface area contributed by atoms with Gasteiger partial charge >= 0.3 is 11.9 Å². The molecule has 0 aliphatic rings. The van der Waals surface area contributed by atoms with Crippen molar-refractivity contribution in [3.63, 3.8) is 0 Å². The lowest BCUT2D eigenvalue weighted by atomic mass is 10.1. The molecule has 0 saturated carbocycles. The number of hydrogen-bond acceptors (Lipinski definition) is 9. The van der Waals surface area contributed by atoms with Gasteiger partial charge in [0.15, 0.2) is 0 Å². The summed E-state index contributed by atoms with van der Waals surface area (Å²) in [7, 11) is 0. The topological polar surface area (TPSA) is 251 Å². The minimum atomic E-state index is -1.55. The highest BCUT2D eigenvalue weighted by molar-refractivity contribution is 7.80. The molecule has 4 amide bonds. The second-order valence-electron chi connectivity index (χ2n) is 6.43. The Balaban J connectivity index is 5.19. The molecule has 10 N–H and O–H groups in total. The van der Waals surface area contributed by atoms with Crippen molar-refractivity contribution in [2.75, 3.05) is 12.4 Å². The molecule has 14 nitrogen and oxygen atoms in total. The predicted molar refractivity (Wildman–Crippen MR) is 108 cm³/mol. The smallest absolute Gasteiger partial charge is 0.327 e. The van der Waals surface area contributed by atoms with Gasteiger partial charge in [-0.3, -0.25) is 24.0 Å². The summed E-state index contributed by atoms with van der Waals surface area (Å²) in [6, 6.07) is -5.61. The van der Waals surface area contributed by atoms with E-state index in [0.29, 0.717) is 0 Å². The maximum Gasteiger partial charge on any atom is 0.327 e. The Morgan fingerprint density at radius 2 is 1.32 bits per heavy atom. The van der Waals surface area contributed by atoms with E-state index in [1.807, 2.05) is 0 Å². The van der Waals surface area contributed by atoms with E-state index in [0.717, 1.165) is 0 Å². The van der Waals surface area contributed by atoms with E-state index in [1.165, 1.54) is 0 Å².